The molecule has 2 aliphatic heterocycles. The summed E-state index contributed by atoms with van der Waals surface area (Å²) in [5.74, 6) is -1.01. The zero-order valence-electron chi connectivity index (χ0n) is 15.9. The van der Waals surface area contributed by atoms with E-state index in [1.54, 1.807) is 12.1 Å². The second kappa shape index (κ2) is 8.19. The van der Waals surface area contributed by atoms with Crippen molar-refractivity contribution < 1.29 is 18.4 Å². The molecule has 0 radical (unpaired) electrons. The van der Waals surface area contributed by atoms with Gasteiger partial charge in [0.2, 0.25) is 0 Å². The molecule has 0 aromatic heterocycles. The van der Waals surface area contributed by atoms with Crippen molar-refractivity contribution in [1.82, 2.24) is 10.2 Å². The van der Waals surface area contributed by atoms with E-state index >= 15 is 0 Å². The van der Waals surface area contributed by atoms with E-state index in [-0.39, 0.29) is 35.9 Å². The molecule has 2 bridgehead atoms. The molecule has 0 unspecified atom stereocenters. The number of benzene rings is 2. The first kappa shape index (κ1) is 19.4. The van der Waals surface area contributed by atoms with Crippen molar-refractivity contribution in [2.75, 3.05) is 5.32 Å². The van der Waals surface area contributed by atoms with Crippen LogP contribution in [0.4, 0.5) is 19.3 Å². The van der Waals surface area contributed by atoms with Crippen LogP contribution in [0, 0.1) is 11.6 Å². The summed E-state index contributed by atoms with van der Waals surface area (Å²) in [5, 5.41) is 5.82. The maximum atomic E-state index is 13.4. The first-order valence-corrected chi connectivity index (χ1v) is 9.91. The number of halogens is 2. The van der Waals surface area contributed by atoms with Gasteiger partial charge in [0.25, 0.3) is 5.91 Å². The van der Waals surface area contributed by atoms with Gasteiger partial charge >= 0.3 is 6.03 Å². The summed E-state index contributed by atoms with van der Waals surface area (Å²) < 4.78 is 26.5. The molecule has 2 aliphatic rings. The van der Waals surface area contributed by atoms with E-state index in [0.29, 0.717) is 24.1 Å². The van der Waals surface area contributed by atoms with Crippen LogP contribution in [0.25, 0.3) is 0 Å². The van der Waals surface area contributed by atoms with Gasteiger partial charge in [-0.15, -0.1) is 0 Å². The first-order chi connectivity index (χ1) is 14.0. The summed E-state index contributed by atoms with van der Waals surface area (Å²) in [4.78, 5) is 27.2. The lowest BCUT2D eigenvalue weighted by Crippen LogP contribution is -2.59. The van der Waals surface area contributed by atoms with E-state index in [9.17, 15) is 18.4 Å². The van der Waals surface area contributed by atoms with Crippen LogP contribution in [0.5, 0.6) is 0 Å². The average Bonchev–Trinajstić information content (AvgIpc) is 2.67. The van der Waals surface area contributed by atoms with Gasteiger partial charge in [-0.05, 0) is 74.6 Å². The van der Waals surface area contributed by atoms with Crippen LogP contribution in [0.1, 0.15) is 42.5 Å². The second-order valence-electron chi connectivity index (χ2n) is 7.74. The number of rotatable bonds is 3. The van der Waals surface area contributed by atoms with Crippen LogP contribution in [0.2, 0.25) is 0 Å². The van der Waals surface area contributed by atoms with Crippen LogP contribution >= 0.6 is 0 Å². The molecule has 2 aromatic carbocycles. The zero-order valence-corrected chi connectivity index (χ0v) is 15.9. The highest BCUT2D eigenvalue weighted by atomic mass is 19.1. The van der Waals surface area contributed by atoms with Crippen molar-refractivity contribution in [1.29, 1.82) is 0 Å². The van der Waals surface area contributed by atoms with Gasteiger partial charge in [-0.1, -0.05) is 6.07 Å². The summed E-state index contributed by atoms with van der Waals surface area (Å²) >= 11 is 0. The molecular formula is C22H23F2N3O2. The fourth-order valence-corrected chi connectivity index (χ4v) is 4.46. The smallest absolute Gasteiger partial charge is 0.322 e. The van der Waals surface area contributed by atoms with E-state index in [2.05, 4.69) is 10.6 Å². The first-order valence-electron chi connectivity index (χ1n) is 9.91. The molecule has 2 atom stereocenters. The Kier molecular flexibility index (Phi) is 5.47. The highest BCUT2D eigenvalue weighted by Gasteiger charge is 2.41. The number of anilines is 1. The van der Waals surface area contributed by atoms with Crippen LogP contribution in [-0.4, -0.2) is 35.0 Å². The van der Waals surface area contributed by atoms with E-state index in [1.807, 2.05) is 4.90 Å². The molecule has 2 saturated heterocycles. The van der Waals surface area contributed by atoms with Gasteiger partial charge in [0.15, 0.2) is 0 Å². The third kappa shape index (κ3) is 4.39. The number of carbonyl (C=O) groups excluding carboxylic acids is 2. The lowest BCUT2D eigenvalue weighted by molar-refractivity contribution is 0.0577. The Morgan fingerprint density at radius 3 is 2.28 bits per heavy atom. The standard InChI is InChI=1S/C22H23F2N3O2/c23-15-9-7-14(8-10-15)21(28)25-18-12-19-5-2-6-20(13-18)27(19)22(29)26-17-4-1-3-16(24)11-17/h1,3-4,7-11,18-20H,2,5-6,12-13H2,(H,25,28)(H,26,29)/t19-,20-/m0/s1. The molecule has 2 fully saturated rings. The van der Waals surface area contributed by atoms with Gasteiger partial charge in [0.05, 0.1) is 0 Å². The number of carbonyl (C=O) groups is 2. The minimum atomic E-state index is -0.398. The molecule has 4 rings (SSSR count). The van der Waals surface area contributed by atoms with Crippen molar-refractivity contribution in [3.05, 3.63) is 65.7 Å². The summed E-state index contributed by atoms with van der Waals surface area (Å²) in [6, 6.07) is 11.1. The quantitative estimate of drug-likeness (QED) is 0.808. The molecule has 29 heavy (non-hydrogen) atoms. The minimum Gasteiger partial charge on any atom is -0.349 e. The van der Waals surface area contributed by atoms with Crippen molar-refractivity contribution >= 4 is 17.6 Å². The largest absolute Gasteiger partial charge is 0.349 e. The lowest BCUT2D eigenvalue weighted by Gasteiger charge is -2.48. The summed E-state index contributed by atoms with van der Waals surface area (Å²) in [5.41, 5.74) is 0.850. The molecule has 0 spiro atoms. The van der Waals surface area contributed by atoms with Gasteiger partial charge in [0.1, 0.15) is 11.6 Å². The van der Waals surface area contributed by atoms with Crippen molar-refractivity contribution in [2.45, 2.75) is 50.2 Å². The lowest BCUT2D eigenvalue weighted by atomic mass is 9.82. The number of urea groups is 1. The van der Waals surface area contributed by atoms with Gasteiger partial charge in [0, 0.05) is 29.4 Å². The molecular weight excluding hydrogens is 376 g/mol. The van der Waals surface area contributed by atoms with Gasteiger partial charge in [-0.3, -0.25) is 4.79 Å². The molecule has 7 heteroatoms. The van der Waals surface area contributed by atoms with Crippen molar-refractivity contribution in [3.8, 4) is 0 Å². The van der Waals surface area contributed by atoms with Crippen molar-refractivity contribution in [2.24, 2.45) is 0 Å². The minimum absolute atomic E-state index is 0.0228. The fourth-order valence-electron chi connectivity index (χ4n) is 4.46. The van der Waals surface area contributed by atoms with Gasteiger partial charge < -0.3 is 15.5 Å². The molecule has 2 aromatic rings. The summed E-state index contributed by atoms with van der Waals surface area (Å²) in [6.45, 7) is 0. The third-order valence-corrected chi connectivity index (χ3v) is 5.73. The Bertz CT molecular complexity index is 889. The number of hydrogen-bond donors (Lipinski definition) is 2. The Balaban J connectivity index is 1.41. The van der Waals surface area contributed by atoms with Gasteiger partial charge in [-0.2, -0.15) is 0 Å². The maximum absolute atomic E-state index is 13.4. The number of amides is 3. The monoisotopic (exact) mass is 399 g/mol. The highest BCUT2D eigenvalue weighted by Crippen LogP contribution is 2.34. The number of piperidine rings is 2. The normalized spacial score (nSPS) is 23.4. The van der Waals surface area contributed by atoms with Crippen LogP contribution in [-0.2, 0) is 0 Å². The zero-order chi connectivity index (χ0) is 20.4. The Hall–Kier alpha value is -2.96. The number of nitrogens with one attached hydrogen (secondary N) is 2. The third-order valence-electron chi connectivity index (χ3n) is 5.73. The maximum Gasteiger partial charge on any atom is 0.322 e. The Morgan fingerprint density at radius 2 is 1.62 bits per heavy atom. The highest BCUT2D eigenvalue weighted by molar-refractivity contribution is 5.94. The van der Waals surface area contributed by atoms with E-state index in [1.165, 1.54) is 36.4 Å². The topological polar surface area (TPSA) is 61.4 Å². The van der Waals surface area contributed by atoms with Crippen LogP contribution < -0.4 is 10.6 Å². The SMILES string of the molecule is O=C(NC1C[C@@H]2CCC[C@@H](C1)N2C(=O)Nc1cccc(F)c1)c1ccc(F)cc1. The van der Waals surface area contributed by atoms with Crippen LogP contribution in [0.3, 0.4) is 0 Å². The van der Waals surface area contributed by atoms with E-state index < -0.39 is 5.82 Å². The fraction of sp³-hybridized carbons (Fsp3) is 0.364. The predicted molar refractivity (Wildman–Crippen MR) is 106 cm³/mol. The molecule has 0 aliphatic carbocycles. The van der Waals surface area contributed by atoms with Crippen molar-refractivity contribution in [3.63, 3.8) is 0 Å². The molecule has 3 amide bonds. The Morgan fingerprint density at radius 1 is 0.931 bits per heavy atom. The Labute approximate surface area is 168 Å². The van der Waals surface area contributed by atoms with Gasteiger partial charge in [-0.25, -0.2) is 13.6 Å². The summed E-state index contributed by atoms with van der Waals surface area (Å²) in [6.07, 6.45) is 4.11. The molecule has 5 nitrogen and oxygen atoms in total. The molecule has 152 valence electrons. The molecule has 0 saturated carbocycles. The second-order valence-corrected chi connectivity index (χ2v) is 7.74. The average molecular weight is 399 g/mol. The molecule has 2 heterocycles. The van der Waals surface area contributed by atoms with E-state index in [4.69, 9.17) is 0 Å². The van der Waals surface area contributed by atoms with E-state index in [0.717, 1.165) is 19.3 Å². The predicted octanol–water partition coefficient (Wildman–Crippen LogP) is 4.31. The van der Waals surface area contributed by atoms with Crippen LogP contribution in [0.15, 0.2) is 48.5 Å². The number of fused-ring (bicyclic) bond motifs is 2. The molecule has 2 N–H and O–H groups in total. The summed E-state index contributed by atoms with van der Waals surface area (Å²) in [7, 11) is 0. The number of nitrogens with zero attached hydrogens (tertiary/aromatic N) is 1. The number of hydrogen-bond acceptors (Lipinski definition) is 2.